The first-order valence-corrected chi connectivity index (χ1v) is 5.93. The van der Waals surface area contributed by atoms with Crippen molar-refractivity contribution in [1.82, 2.24) is 0 Å². The zero-order chi connectivity index (χ0) is 11.5. The molecule has 0 unspecified atom stereocenters. The maximum absolute atomic E-state index is 10.1. The zero-order valence-corrected chi connectivity index (χ0v) is 10.3. The average Bonchev–Trinajstić information content (AvgIpc) is 2.14. The number of hydrogen-bond acceptors (Lipinski definition) is 4. The molecule has 0 aliphatic rings. The van der Waals surface area contributed by atoms with Gasteiger partial charge in [-0.2, -0.15) is 0 Å². The molecule has 0 radical (unpaired) electrons. The van der Waals surface area contributed by atoms with Gasteiger partial charge in [-0.1, -0.05) is 11.6 Å². The molecule has 1 rings (SSSR count). The van der Waals surface area contributed by atoms with E-state index in [0.29, 0.717) is 10.2 Å². The third-order valence-corrected chi connectivity index (χ3v) is 3.19. The Morgan fingerprint density at radius 1 is 1.50 bits per heavy atom. The van der Waals surface area contributed by atoms with Gasteiger partial charge in [-0.05, 0) is 18.5 Å². The Morgan fingerprint density at radius 2 is 1.86 bits per heavy atom. The van der Waals surface area contributed by atoms with E-state index in [1.807, 2.05) is 17.9 Å². The van der Waals surface area contributed by atoms with Crippen LogP contribution in [0.15, 0.2) is 0 Å². The summed E-state index contributed by atoms with van der Waals surface area (Å²) in [6.07, 6.45) is 0. The molecule has 14 heavy (non-hydrogen) atoms. The highest BCUT2D eigenvalue weighted by atomic mass is 35.5. The maximum Gasteiger partial charge on any atom is 0.308 e. The predicted octanol–water partition coefficient (Wildman–Crippen LogP) is 1.60. The largest absolute Gasteiger partial charge is 0.722 e. The lowest BCUT2D eigenvalue weighted by atomic mass is 10.5. The molecule has 0 saturated heterocycles. The van der Waals surface area contributed by atoms with E-state index in [4.69, 9.17) is 36.2 Å². The molecule has 0 aliphatic heterocycles. The van der Waals surface area contributed by atoms with E-state index in [1.54, 1.807) is 11.5 Å². The number of hydrogen-bond donors (Lipinski definition) is 0. The molecule has 0 saturated carbocycles. The van der Waals surface area contributed by atoms with Crippen LogP contribution in [0.5, 0.6) is 0 Å². The lowest BCUT2D eigenvalue weighted by Gasteiger charge is -1.84. The molecule has 1 aromatic heterocycles. The quantitative estimate of drug-likeness (QED) is 0.412. The first-order chi connectivity index (χ1) is 6.13. The van der Waals surface area contributed by atoms with E-state index in [-0.39, 0.29) is 0 Å². The minimum atomic E-state index is -5.42. The molecule has 0 amide bonds. The SMILES string of the molecule is Cc1s[n+](C)c(Cl)c1Cl.O=S(=O)([O-])F. The van der Waals surface area contributed by atoms with Crippen LogP contribution < -0.4 is 3.96 Å². The van der Waals surface area contributed by atoms with Crippen LogP contribution in [0.1, 0.15) is 4.88 Å². The van der Waals surface area contributed by atoms with Gasteiger partial charge in [0.1, 0.15) is 16.6 Å². The zero-order valence-electron chi connectivity index (χ0n) is 7.12. The van der Waals surface area contributed by atoms with Crippen LogP contribution in [0.2, 0.25) is 10.2 Å². The Labute approximate surface area is 95.1 Å². The summed E-state index contributed by atoms with van der Waals surface area (Å²) < 4.78 is 37.2. The number of aromatic nitrogens is 1. The predicted molar refractivity (Wildman–Crippen MR) is 51.1 cm³/mol. The third-order valence-electron chi connectivity index (χ3n) is 1.04. The van der Waals surface area contributed by atoms with Crippen LogP contribution in [0, 0.1) is 6.92 Å². The Hall–Kier alpha value is 0.0500. The summed E-state index contributed by atoms with van der Waals surface area (Å²) in [7, 11) is -3.54. The van der Waals surface area contributed by atoms with Crippen molar-refractivity contribution < 1.29 is 20.8 Å². The van der Waals surface area contributed by atoms with Crippen LogP contribution in [0.4, 0.5) is 3.89 Å². The van der Waals surface area contributed by atoms with E-state index in [2.05, 4.69) is 0 Å². The van der Waals surface area contributed by atoms with E-state index >= 15 is 0 Å². The Balaban J connectivity index is 0.000000292. The highest BCUT2D eigenvalue weighted by Gasteiger charge is 2.16. The summed E-state index contributed by atoms with van der Waals surface area (Å²) in [4.78, 5) is 1.06. The fraction of sp³-hybridized carbons (Fsp3) is 0.400. The summed E-state index contributed by atoms with van der Waals surface area (Å²) in [6, 6.07) is 0. The van der Waals surface area contributed by atoms with Crippen molar-refractivity contribution >= 4 is 45.2 Å². The van der Waals surface area contributed by atoms with Crippen molar-refractivity contribution in [3.8, 4) is 0 Å². The van der Waals surface area contributed by atoms with Gasteiger partial charge in [0.05, 0.1) is 4.88 Å². The van der Waals surface area contributed by atoms with E-state index < -0.39 is 10.5 Å². The van der Waals surface area contributed by atoms with Gasteiger partial charge < -0.3 is 4.55 Å². The van der Waals surface area contributed by atoms with Crippen molar-refractivity contribution in [1.29, 1.82) is 0 Å². The normalized spacial score (nSPS) is 10.7. The number of nitrogens with zero attached hydrogens (tertiary/aromatic N) is 1. The van der Waals surface area contributed by atoms with Crippen molar-refractivity contribution in [2.24, 2.45) is 7.05 Å². The average molecular weight is 282 g/mol. The van der Waals surface area contributed by atoms with Crippen LogP contribution in [-0.2, 0) is 17.6 Å². The molecule has 1 heterocycles. The highest BCUT2D eigenvalue weighted by molar-refractivity contribution is 7.80. The second kappa shape index (κ2) is 5.22. The summed E-state index contributed by atoms with van der Waals surface area (Å²) in [5.74, 6) is 0. The number of aryl methyl sites for hydroxylation is 2. The molecule has 0 aromatic carbocycles. The number of rotatable bonds is 0. The summed E-state index contributed by atoms with van der Waals surface area (Å²) >= 11 is 13.0. The van der Waals surface area contributed by atoms with Gasteiger partial charge in [-0.15, -0.1) is 7.84 Å². The van der Waals surface area contributed by atoms with Gasteiger partial charge in [0.15, 0.2) is 7.05 Å². The summed E-state index contributed by atoms with van der Waals surface area (Å²) in [6.45, 7) is 1.94. The molecule has 0 N–H and O–H groups in total. The topological polar surface area (TPSA) is 61.1 Å². The molecule has 4 nitrogen and oxygen atoms in total. The molecular weight excluding hydrogens is 276 g/mol. The summed E-state index contributed by atoms with van der Waals surface area (Å²) in [5, 5.41) is 1.29. The lowest BCUT2D eigenvalue weighted by molar-refractivity contribution is -0.598. The van der Waals surface area contributed by atoms with Crippen molar-refractivity contribution in [2.75, 3.05) is 0 Å². The fourth-order valence-corrected chi connectivity index (χ4v) is 1.91. The second-order valence-corrected chi connectivity index (χ2v) is 5.01. The maximum atomic E-state index is 10.1. The molecule has 0 bridgehead atoms. The highest BCUT2D eigenvalue weighted by Crippen LogP contribution is 2.24. The molecular formula is C5H6Cl2FNO3S2. The van der Waals surface area contributed by atoms with Gasteiger partial charge in [-0.25, -0.2) is 8.42 Å². The van der Waals surface area contributed by atoms with Gasteiger partial charge in [0.25, 0.3) is 10.5 Å². The van der Waals surface area contributed by atoms with E-state index in [1.165, 1.54) is 0 Å². The fourth-order valence-electron chi connectivity index (χ4n) is 0.569. The smallest absolute Gasteiger partial charge is 0.308 e. The van der Waals surface area contributed by atoms with Crippen LogP contribution >= 0.6 is 34.7 Å². The van der Waals surface area contributed by atoms with Crippen molar-refractivity contribution in [3.05, 3.63) is 15.1 Å². The van der Waals surface area contributed by atoms with Crippen LogP contribution in [0.3, 0.4) is 0 Å². The van der Waals surface area contributed by atoms with Gasteiger partial charge in [0.2, 0.25) is 0 Å². The minimum Gasteiger partial charge on any atom is -0.722 e. The van der Waals surface area contributed by atoms with Crippen molar-refractivity contribution in [3.63, 3.8) is 0 Å². The third kappa shape index (κ3) is 5.71. The van der Waals surface area contributed by atoms with E-state index in [9.17, 15) is 3.89 Å². The number of halogens is 3. The van der Waals surface area contributed by atoms with Crippen molar-refractivity contribution in [2.45, 2.75) is 6.92 Å². The Morgan fingerprint density at radius 3 is 1.93 bits per heavy atom. The molecule has 0 fully saturated rings. The molecule has 82 valence electrons. The molecule has 0 atom stereocenters. The second-order valence-electron chi connectivity index (χ2n) is 2.14. The summed E-state index contributed by atoms with van der Waals surface area (Å²) in [5.41, 5.74) is 0. The van der Waals surface area contributed by atoms with E-state index in [0.717, 1.165) is 4.88 Å². The molecule has 0 spiro atoms. The minimum absolute atomic E-state index is 0.624. The first kappa shape index (κ1) is 14.1. The standard InChI is InChI=1S/C5H6Cl2NS.FHO3S/c1-3-4(6)5(7)8(2)9-3;1-5(2,3)4/h1-2H3;(H,2,3,4)/q+1;/p-1. The molecule has 9 heteroatoms. The molecule has 0 aliphatic carbocycles. The van der Waals surface area contributed by atoms with Gasteiger partial charge in [-0.3, -0.25) is 0 Å². The lowest BCUT2D eigenvalue weighted by Crippen LogP contribution is -2.21. The Kier molecular flexibility index (Phi) is 5.24. The molecule has 1 aromatic rings. The van der Waals surface area contributed by atoms with Gasteiger partial charge >= 0.3 is 5.15 Å². The van der Waals surface area contributed by atoms with Crippen LogP contribution in [-0.4, -0.2) is 13.0 Å². The van der Waals surface area contributed by atoms with Crippen LogP contribution in [0.25, 0.3) is 0 Å². The monoisotopic (exact) mass is 281 g/mol. The Bertz CT molecular complexity index is 386. The first-order valence-electron chi connectivity index (χ1n) is 3.09. The van der Waals surface area contributed by atoms with Gasteiger partial charge in [0, 0.05) is 0 Å².